The minimum atomic E-state index is -0.482. The SMILES string of the molecule is O=C(CSc1nnnn1C1CCCC1)Nc1ccc([N+](=O)[O-])cc1. The highest BCUT2D eigenvalue weighted by Crippen LogP contribution is 2.31. The molecule has 0 aliphatic heterocycles. The average Bonchev–Trinajstić information content (AvgIpc) is 3.24. The largest absolute Gasteiger partial charge is 0.325 e. The minimum Gasteiger partial charge on any atom is -0.325 e. The summed E-state index contributed by atoms with van der Waals surface area (Å²) in [5, 5.41) is 25.6. The molecule has 0 bridgehead atoms. The van der Waals surface area contributed by atoms with E-state index in [4.69, 9.17) is 0 Å². The fourth-order valence-electron chi connectivity index (χ4n) is 2.65. The van der Waals surface area contributed by atoms with E-state index >= 15 is 0 Å². The summed E-state index contributed by atoms with van der Waals surface area (Å²) in [6, 6.07) is 6.03. The van der Waals surface area contributed by atoms with Gasteiger partial charge in [0.25, 0.3) is 5.69 Å². The van der Waals surface area contributed by atoms with Gasteiger partial charge in [0, 0.05) is 17.8 Å². The third kappa shape index (κ3) is 3.88. The average molecular weight is 348 g/mol. The van der Waals surface area contributed by atoms with Crippen molar-refractivity contribution in [3.8, 4) is 0 Å². The smallest absolute Gasteiger partial charge is 0.269 e. The second-order valence-corrected chi connectivity index (χ2v) is 6.43. The first-order valence-corrected chi connectivity index (χ1v) is 8.57. The number of non-ortho nitro benzene ring substituents is 1. The van der Waals surface area contributed by atoms with Crippen molar-refractivity contribution < 1.29 is 9.72 Å². The number of carbonyl (C=O) groups excluding carboxylic acids is 1. The van der Waals surface area contributed by atoms with Crippen LogP contribution in [0.1, 0.15) is 31.7 Å². The summed E-state index contributed by atoms with van der Waals surface area (Å²) in [7, 11) is 0. The lowest BCUT2D eigenvalue weighted by Gasteiger charge is -2.10. The summed E-state index contributed by atoms with van der Waals surface area (Å²) in [6.45, 7) is 0. The first-order valence-electron chi connectivity index (χ1n) is 7.58. The van der Waals surface area contributed by atoms with Crippen molar-refractivity contribution in [2.24, 2.45) is 0 Å². The van der Waals surface area contributed by atoms with Crippen LogP contribution in [0, 0.1) is 10.1 Å². The number of thioether (sulfide) groups is 1. The van der Waals surface area contributed by atoms with Gasteiger partial charge in [-0.05, 0) is 35.4 Å². The quantitative estimate of drug-likeness (QED) is 0.484. The zero-order valence-electron chi connectivity index (χ0n) is 12.8. The summed E-state index contributed by atoms with van der Waals surface area (Å²) in [5.74, 6) is -0.0424. The Morgan fingerprint density at radius 2 is 2.04 bits per heavy atom. The molecule has 0 saturated heterocycles. The van der Waals surface area contributed by atoms with Crippen molar-refractivity contribution >= 4 is 29.0 Å². The van der Waals surface area contributed by atoms with Crippen LogP contribution in [0.5, 0.6) is 0 Å². The van der Waals surface area contributed by atoms with E-state index in [0.717, 1.165) is 12.8 Å². The summed E-state index contributed by atoms with van der Waals surface area (Å²) in [5.41, 5.74) is 0.500. The molecule has 1 heterocycles. The standard InChI is InChI=1S/C14H16N6O3S/c21-13(15-10-5-7-12(8-6-10)20(22)23)9-24-14-16-17-18-19(14)11-3-1-2-4-11/h5-8,11H,1-4,9H2,(H,15,21). The van der Waals surface area contributed by atoms with Gasteiger partial charge in [-0.25, -0.2) is 4.68 Å². The van der Waals surface area contributed by atoms with Gasteiger partial charge in [-0.15, -0.1) is 5.10 Å². The molecule has 1 aromatic heterocycles. The first kappa shape index (κ1) is 16.4. The molecule has 1 saturated carbocycles. The number of benzene rings is 1. The van der Waals surface area contributed by atoms with Crippen molar-refractivity contribution in [3.05, 3.63) is 34.4 Å². The number of tetrazole rings is 1. The van der Waals surface area contributed by atoms with Gasteiger partial charge in [0.1, 0.15) is 0 Å². The Kier molecular flexibility index (Phi) is 5.04. The van der Waals surface area contributed by atoms with E-state index in [9.17, 15) is 14.9 Å². The number of hydrogen-bond acceptors (Lipinski definition) is 7. The van der Waals surface area contributed by atoms with Crippen LogP contribution < -0.4 is 5.32 Å². The number of nitrogens with one attached hydrogen (secondary N) is 1. The molecule has 0 atom stereocenters. The minimum absolute atomic E-state index is 0.0156. The van der Waals surface area contributed by atoms with Gasteiger partial charge < -0.3 is 5.32 Å². The molecule has 0 spiro atoms. The van der Waals surface area contributed by atoms with E-state index in [2.05, 4.69) is 20.8 Å². The molecule has 10 heteroatoms. The van der Waals surface area contributed by atoms with E-state index in [1.807, 2.05) is 0 Å². The Hall–Kier alpha value is -2.49. The molecule has 1 aromatic carbocycles. The van der Waals surface area contributed by atoms with E-state index in [1.54, 1.807) is 4.68 Å². The maximum atomic E-state index is 12.0. The summed E-state index contributed by atoms with van der Waals surface area (Å²) in [6.07, 6.45) is 4.48. The van der Waals surface area contributed by atoms with Crippen molar-refractivity contribution in [2.45, 2.75) is 36.9 Å². The third-order valence-corrected chi connectivity index (χ3v) is 4.76. The molecule has 2 aromatic rings. The maximum absolute atomic E-state index is 12.0. The number of nitro groups is 1. The van der Waals surface area contributed by atoms with E-state index in [1.165, 1.54) is 48.9 Å². The molecule has 126 valence electrons. The number of amides is 1. The number of rotatable bonds is 6. The molecule has 1 amide bonds. The molecule has 1 fully saturated rings. The Balaban J connectivity index is 1.54. The van der Waals surface area contributed by atoms with Crippen molar-refractivity contribution in [3.63, 3.8) is 0 Å². The number of anilines is 1. The lowest BCUT2D eigenvalue weighted by Crippen LogP contribution is -2.15. The molecular formula is C14H16N6O3S. The van der Waals surface area contributed by atoms with Gasteiger partial charge in [-0.3, -0.25) is 14.9 Å². The normalized spacial score (nSPS) is 14.7. The van der Waals surface area contributed by atoms with Gasteiger partial charge in [0.15, 0.2) is 0 Å². The zero-order valence-corrected chi connectivity index (χ0v) is 13.6. The van der Waals surface area contributed by atoms with E-state index in [0.29, 0.717) is 16.9 Å². The number of nitro benzene ring substituents is 1. The monoisotopic (exact) mass is 348 g/mol. The third-order valence-electron chi connectivity index (χ3n) is 3.83. The van der Waals surface area contributed by atoms with Crippen LogP contribution in [0.15, 0.2) is 29.4 Å². The molecule has 0 radical (unpaired) electrons. The Bertz CT molecular complexity index is 726. The Morgan fingerprint density at radius 3 is 2.71 bits per heavy atom. The van der Waals surface area contributed by atoms with Crippen LogP contribution in [0.25, 0.3) is 0 Å². The van der Waals surface area contributed by atoms with Crippen LogP contribution in [-0.4, -0.2) is 36.8 Å². The highest BCUT2D eigenvalue weighted by Gasteiger charge is 2.22. The van der Waals surface area contributed by atoms with Crippen molar-refractivity contribution in [2.75, 3.05) is 11.1 Å². The van der Waals surface area contributed by atoms with E-state index in [-0.39, 0.29) is 17.3 Å². The number of aromatic nitrogens is 4. The van der Waals surface area contributed by atoms with Crippen LogP contribution >= 0.6 is 11.8 Å². The molecule has 9 nitrogen and oxygen atoms in total. The number of carbonyl (C=O) groups is 1. The second kappa shape index (κ2) is 7.39. The summed E-state index contributed by atoms with van der Waals surface area (Å²) >= 11 is 1.28. The number of nitrogens with zero attached hydrogens (tertiary/aromatic N) is 5. The molecule has 1 aliphatic carbocycles. The van der Waals surface area contributed by atoms with Gasteiger partial charge in [-0.1, -0.05) is 24.6 Å². The lowest BCUT2D eigenvalue weighted by atomic mass is 10.3. The van der Waals surface area contributed by atoms with E-state index < -0.39 is 4.92 Å². The Morgan fingerprint density at radius 1 is 1.33 bits per heavy atom. The predicted octanol–water partition coefficient (Wildman–Crippen LogP) is 2.43. The molecule has 1 aliphatic rings. The second-order valence-electron chi connectivity index (χ2n) is 5.49. The van der Waals surface area contributed by atoms with Crippen molar-refractivity contribution in [1.29, 1.82) is 0 Å². The predicted molar refractivity (Wildman–Crippen MR) is 87.8 cm³/mol. The fourth-order valence-corrected chi connectivity index (χ4v) is 3.40. The van der Waals surface area contributed by atoms with Crippen LogP contribution in [0.4, 0.5) is 11.4 Å². The van der Waals surface area contributed by atoms with Crippen molar-refractivity contribution in [1.82, 2.24) is 20.2 Å². The van der Waals surface area contributed by atoms with Crippen LogP contribution in [0.2, 0.25) is 0 Å². The van der Waals surface area contributed by atoms with Gasteiger partial charge in [0.2, 0.25) is 11.1 Å². The summed E-state index contributed by atoms with van der Waals surface area (Å²) in [4.78, 5) is 22.1. The van der Waals surface area contributed by atoms with Gasteiger partial charge in [0.05, 0.1) is 16.7 Å². The molecule has 3 rings (SSSR count). The molecule has 24 heavy (non-hydrogen) atoms. The highest BCUT2D eigenvalue weighted by molar-refractivity contribution is 7.99. The van der Waals surface area contributed by atoms with Crippen LogP contribution in [-0.2, 0) is 4.79 Å². The first-order chi connectivity index (χ1) is 11.6. The topological polar surface area (TPSA) is 116 Å². The van der Waals surface area contributed by atoms with Crippen LogP contribution in [0.3, 0.4) is 0 Å². The molecule has 1 N–H and O–H groups in total. The van der Waals surface area contributed by atoms with Gasteiger partial charge >= 0.3 is 0 Å². The Labute approximate surface area is 142 Å². The summed E-state index contributed by atoms with van der Waals surface area (Å²) < 4.78 is 1.80. The maximum Gasteiger partial charge on any atom is 0.269 e. The van der Waals surface area contributed by atoms with Gasteiger partial charge in [-0.2, -0.15) is 0 Å². The fraction of sp³-hybridized carbons (Fsp3) is 0.429. The number of hydrogen-bond donors (Lipinski definition) is 1. The highest BCUT2D eigenvalue weighted by atomic mass is 32.2. The molecule has 0 unspecified atom stereocenters. The lowest BCUT2D eigenvalue weighted by molar-refractivity contribution is -0.384. The zero-order chi connectivity index (χ0) is 16.9. The molecular weight excluding hydrogens is 332 g/mol.